The number of aromatic nitrogens is 3. The molecule has 3 aromatic heterocycles. The monoisotopic (exact) mass is 446 g/mol. The van der Waals surface area contributed by atoms with Gasteiger partial charge in [0, 0.05) is 11.2 Å². The highest BCUT2D eigenvalue weighted by Gasteiger charge is 2.27. The van der Waals surface area contributed by atoms with E-state index in [9.17, 15) is 13.2 Å². The average molecular weight is 447 g/mol. The minimum Gasteiger partial charge on any atom is -0.463 e. The van der Waals surface area contributed by atoms with Crippen molar-refractivity contribution < 1.29 is 22.4 Å². The maximum atomic E-state index is 13.5. The summed E-state index contributed by atoms with van der Waals surface area (Å²) < 4.78 is 39.7. The second-order valence-corrected chi connectivity index (χ2v) is 8.51. The molecular weight excluding hydrogens is 432 g/mol. The van der Waals surface area contributed by atoms with Crippen molar-refractivity contribution in [3.8, 4) is 0 Å². The Morgan fingerprint density at radius 1 is 1.17 bits per heavy atom. The largest absolute Gasteiger partial charge is 0.463 e. The Morgan fingerprint density at radius 2 is 1.93 bits per heavy atom. The minimum absolute atomic E-state index is 0.0214. The molecule has 0 N–H and O–H groups in total. The van der Waals surface area contributed by atoms with E-state index in [0.29, 0.717) is 16.4 Å². The summed E-state index contributed by atoms with van der Waals surface area (Å²) in [6.45, 7) is -0.152. The van der Waals surface area contributed by atoms with Crippen LogP contribution in [0.4, 0.5) is 5.69 Å². The number of furan rings is 1. The lowest BCUT2D eigenvalue weighted by Gasteiger charge is -2.23. The first-order chi connectivity index (χ1) is 14.4. The Labute approximate surface area is 176 Å². The summed E-state index contributed by atoms with van der Waals surface area (Å²) in [5.41, 5.74) is 0.889. The molecule has 30 heavy (non-hydrogen) atoms. The lowest BCUT2D eigenvalue weighted by molar-refractivity contribution is 0.0563. The fraction of sp³-hybridized carbons (Fsp3) is 0.105. The van der Waals surface area contributed by atoms with Crippen LogP contribution in [0.25, 0.3) is 5.65 Å². The van der Waals surface area contributed by atoms with Crippen molar-refractivity contribution in [1.82, 2.24) is 14.6 Å². The lowest BCUT2D eigenvalue weighted by Crippen LogP contribution is -2.30. The van der Waals surface area contributed by atoms with E-state index in [1.165, 1.54) is 42.2 Å². The summed E-state index contributed by atoms with van der Waals surface area (Å²) in [6, 6.07) is 12.3. The molecule has 0 unspecified atom stereocenters. The van der Waals surface area contributed by atoms with Gasteiger partial charge < -0.3 is 9.15 Å². The second-order valence-electron chi connectivity index (χ2n) is 6.21. The van der Waals surface area contributed by atoms with Crippen LogP contribution in [0.15, 0.2) is 70.4 Å². The number of carbonyl (C=O) groups is 1. The Hall–Kier alpha value is -3.37. The van der Waals surface area contributed by atoms with Crippen molar-refractivity contribution in [1.29, 1.82) is 0 Å². The summed E-state index contributed by atoms with van der Waals surface area (Å²) >= 11 is 5.96. The molecule has 0 bridgehead atoms. The van der Waals surface area contributed by atoms with Crippen molar-refractivity contribution in [2.24, 2.45) is 0 Å². The molecule has 0 radical (unpaired) electrons. The lowest BCUT2D eigenvalue weighted by atomic mass is 10.3. The zero-order chi connectivity index (χ0) is 21.3. The predicted octanol–water partition coefficient (Wildman–Crippen LogP) is 3.16. The number of esters is 1. The summed E-state index contributed by atoms with van der Waals surface area (Å²) in [5.74, 6) is -0.411. The first kappa shape index (κ1) is 19.9. The molecule has 9 nitrogen and oxygen atoms in total. The number of halogens is 1. The highest BCUT2D eigenvalue weighted by Crippen LogP contribution is 2.28. The molecule has 0 saturated carbocycles. The molecule has 4 rings (SSSR count). The van der Waals surface area contributed by atoms with Crippen molar-refractivity contribution in [2.75, 3.05) is 11.4 Å². The number of hydrogen-bond donors (Lipinski definition) is 0. The standard InChI is InChI=1S/C19H15ClN4O5S/c1-28-19(25)17-8-6-15(29-17)10-24(14-4-2-13(20)3-5-14)30(26,27)16-7-9-18-22-21-12-23(18)11-16/h2-9,11-12H,10H2,1H3. The average Bonchev–Trinajstić information content (AvgIpc) is 3.41. The number of pyridine rings is 1. The van der Waals surface area contributed by atoms with Gasteiger partial charge in [-0.25, -0.2) is 13.2 Å². The fourth-order valence-electron chi connectivity index (χ4n) is 2.82. The number of nitrogens with zero attached hydrogens (tertiary/aromatic N) is 4. The molecule has 1 aromatic carbocycles. The fourth-order valence-corrected chi connectivity index (χ4v) is 4.39. The van der Waals surface area contributed by atoms with Crippen molar-refractivity contribution >= 4 is 38.9 Å². The number of methoxy groups -OCH3 is 1. The molecule has 154 valence electrons. The highest BCUT2D eigenvalue weighted by molar-refractivity contribution is 7.92. The Morgan fingerprint density at radius 3 is 2.67 bits per heavy atom. The molecule has 4 aromatic rings. The number of anilines is 1. The summed E-state index contributed by atoms with van der Waals surface area (Å²) in [4.78, 5) is 11.7. The van der Waals surface area contributed by atoms with Gasteiger partial charge in [-0.3, -0.25) is 8.71 Å². The molecule has 0 aliphatic carbocycles. The van der Waals surface area contributed by atoms with Gasteiger partial charge in [0.1, 0.15) is 17.0 Å². The van der Waals surface area contributed by atoms with Crippen LogP contribution in [0.1, 0.15) is 16.3 Å². The molecule has 11 heteroatoms. The van der Waals surface area contributed by atoms with Crippen LogP contribution in [-0.2, 0) is 21.3 Å². The van der Waals surface area contributed by atoms with Crippen LogP contribution in [0.5, 0.6) is 0 Å². The smallest absolute Gasteiger partial charge is 0.373 e. The summed E-state index contributed by atoms with van der Waals surface area (Å²) in [7, 11) is -2.78. The minimum atomic E-state index is -4.01. The van der Waals surface area contributed by atoms with Crippen LogP contribution >= 0.6 is 11.6 Å². The molecule has 0 saturated heterocycles. The maximum absolute atomic E-state index is 13.5. The topological polar surface area (TPSA) is 107 Å². The molecule has 0 amide bonds. The number of hydrogen-bond acceptors (Lipinski definition) is 7. The van der Waals surface area contributed by atoms with Gasteiger partial charge in [0.2, 0.25) is 5.76 Å². The van der Waals surface area contributed by atoms with Gasteiger partial charge in [-0.1, -0.05) is 11.6 Å². The van der Waals surface area contributed by atoms with Crippen LogP contribution < -0.4 is 4.31 Å². The zero-order valence-corrected chi connectivity index (χ0v) is 17.2. The molecular formula is C19H15ClN4O5S. The third kappa shape index (κ3) is 3.74. The predicted molar refractivity (Wildman–Crippen MR) is 108 cm³/mol. The number of ether oxygens (including phenoxy) is 1. The number of carbonyl (C=O) groups excluding carboxylic acids is 1. The Kier molecular flexibility index (Phi) is 5.18. The van der Waals surface area contributed by atoms with E-state index in [0.717, 1.165) is 4.31 Å². The van der Waals surface area contributed by atoms with Crippen molar-refractivity contribution in [3.63, 3.8) is 0 Å². The van der Waals surface area contributed by atoms with Gasteiger partial charge in [0.15, 0.2) is 5.65 Å². The van der Waals surface area contributed by atoms with Gasteiger partial charge in [-0.15, -0.1) is 10.2 Å². The maximum Gasteiger partial charge on any atom is 0.373 e. The highest BCUT2D eigenvalue weighted by atomic mass is 35.5. The first-order valence-corrected chi connectivity index (χ1v) is 10.4. The van der Waals surface area contributed by atoms with Gasteiger partial charge in [-0.05, 0) is 48.5 Å². The van der Waals surface area contributed by atoms with E-state index >= 15 is 0 Å². The van der Waals surface area contributed by atoms with E-state index in [2.05, 4.69) is 14.9 Å². The first-order valence-electron chi connectivity index (χ1n) is 8.63. The van der Waals surface area contributed by atoms with Crippen LogP contribution in [-0.4, -0.2) is 36.1 Å². The molecule has 0 fully saturated rings. The molecule has 0 aliphatic rings. The second kappa shape index (κ2) is 7.81. The van der Waals surface area contributed by atoms with Crippen molar-refractivity contribution in [2.45, 2.75) is 11.4 Å². The van der Waals surface area contributed by atoms with Gasteiger partial charge in [-0.2, -0.15) is 0 Å². The Balaban J connectivity index is 1.76. The molecule has 0 aliphatic heterocycles. The summed E-state index contributed by atoms with van der Waals surface area (Å²) in [5, 5.41) is 8.11. The molecule has 0 spiro atoms. The summed E-state index contributed by atoms with van der Waals surface area (Å²) in [6.07, 6.45) is 2.84. The number of rotatable bonds is 6. The number of fused-ring (bicyclic) bond motifs is 1. The Bertz CT molecular complexity index is 1310. The van der Waals surface area contributed by atoms with E-state index < -0.39 is 16.0 Å². The third-order valence-corrected chi connectivity index (χ3v) is 6.32. The van der Waals surface area contributed by atoms with E-state index in [4.69, 9.17) is 16.0 Å². The van der Waals surface area contributed by atoms with Crippen LogP contribution in [0.2, 0.25) is 5.02 Å². The van der Waals surface area contributed by atoms with E-state index in [1.807, 2.05) is 0 Å². The van der Waals surface area contributed by atoms with Crippen LogP contribution in [0.3, 0.4) is 0 Å². The quantitative estimate of drug-likeness (QED) is 0.418. The normalized spacial score (nSPS) is 11.5. The van der Waals surface area contributed by atoms with Gasteiger partial charge in [0.05, 0.1) is 19.3 Å². The SMILES string of the molecule is COC(=O)c1ccc(CN(c2ccc(Cl)cc2)S(=O)(=O)c2ccc3nncn3c2)o1. The van der Waals surface area contributed by atoms with E-state index in [-0.39, 0.29) is 23.0 Å². The molecule has 3 heterocycles. The van der Waals surface area contributed by atoms with Crippen LogP contribution in [0, 0.1) is 0 Å². The van der Waals surface area contributed by atoms with Gasteiger partial charge in [0.25, 0.3) is 10.0 Å². The molecule has 0 atom stereocenters. The third-order valence-electron chi connectivity index (χ3n) is 4.31. The van der Waals surface area contributed by atoms with Crippen molar-refractivity contribution in [3.05, 3.63) is 77.6 Å². The zero-order valence-electron chi connectivity index (χ0n) is 15.6. The number of sulfonamides is 1. The van der Waals surface area contributed by atoms with E-state index in [1.54, 1.807) is 30.3 Å². The van der Waals surface area contributed by atoms with Gasteiger partial charge >= 0.3 is 5.97 Å². The number of benzene rings is 1.